The van der Waals surface area contributed by atoms with Gasteiger partial charge >= 0.3 is 0 Å². The van der Waals surface area contributed by atoms with Gasteiger partial charge in [-0.05, 0) is 24.3 Å². The zero-order chi connectivity index (χ0) is 10.5. The maximum atomic E-state index is 11.6. The van der Waals surface area contributed by atoms with Crippen LogP contribution < -0.4 is 0 Å². The summed E-state index contributed by atoms with van der Waals surface area (Å²) in [5.41, 5.74) is 1.30. The number of carbonyl (C=O) groups is 1. The quantitative estimate of drug-likeness (QED) is 0.604. The number of H-pyrrole nitrogens is 1. The molecule has 0 amide bonds. The molecular weight excluding hydrogens is 190 g/mol. The monoisotopic (exact) mass is 199 g/mol. The Morgan fingerprint density at radius 1 is 1.40 bits per heavy atom. The van der Waals surface area contributed by atoms with Gasteiger partial charge in [-0.1, -0.05) is 6.07 Å². The summed E-state index contributed by atoms with van der Waals surface area (Å²) in [4.78, 5) is 15.5. The number of aromatic nitrogens is 3. The summed E-state index contributed by atoms with van der Waals surface area (Å²) in [6, 6.07) is 5.24. The molecule has 0 aromatic carbocycles. The normalized spacial score (nSPS) is 10.7. The summed E-state index contributed by atoms with van der Waals surface area (Å²) in [6.45, 7) is 0. The molecule has 0 fully saturated rings. The van der Waals surface area contributed by atoms with Crippen molar-refractivity contribution >= 4 is 11.9 Å². The van der Waals surface area contributed by atoms with Crippen LogP contribution in [0, 0.1) is 0 Å². The van der Waals surface area contributed by atoms with Crippen molar-refractivity contribution in [3.63, 3.8) is 0 Å². The van der Waals surface area contributed by atoms with E-state index in [0.29, 0.717) is 5.69 Å². The minimum Gasteiger partial charge on any atom is -0.288 e. The van der Waals surface area contributed by atoms with Gasteiger partial charge < -0.3 is 0 Å². The van der Waals surface area contributed by atoms with E-state index in [1.165, 1.54) is 6.08 Å². The molecule has 0 atom stereocenters. The molecule has 4 nitrogen and oxygen atoms in total. The van der Waals surface area contributed by atoms with Crippen molar-refractivity contribution in [2.45, 2.75) is 0 Å². The highest BCUT2D eigenvalue weighted by molar-refractivity contribution is 6.05. The van der Waals surface area contributed by atoms with E-state index in [9.17, 15) is 4.79 Å². The minimum atomic E-state index is -0.114. The molecule has 74 valence electrons. The Hall–Kier alpha value is -2.23. The molecule has 0 bridgehead atoms. The van der Waals surface area contributed by atoms with E-state index in [1.807, 2.05) is 0 Å². The van der Waals surface area contributed by atoms with Gasteiger partial charge in [-0.3, -0.25) is 14.9 Å². The number of hydrogen-bond acceptors (Lipinski definition) is 3. The molecule has 0 aliphatic carbocycles. The highest BCUT2D eigenvalue weighted by Gasteiger charge is 2.00. The molecule has 0 aliphatic rings. The lowest BCUT2D eigenvalue weighted by Gasteiger charge is -1.91. The number of allylic oxidation sites excluding steroid dienone is 1. The van der Waals surface area contributed by atoms with Crippen molar-refractivity contribution in [3.05, 3.63) is 54.1 Å². The highest BCUT2D eigenvalue weighted by atomic mass is 16.1. The van der Waals surface area contributed by atoms with Crippen LogP contribution in [0.25, 0.3) is 6.08 Å². The maximum Gasteiger partial charge on any atom is 0.204 e. The Morgan fingerprint density at radius 3 is 3.00 bits per heavy atom. The van der Waals surface area contributed by atoms with E-state index in [1.54, 1.807) is 42.9 Å². The fourth-order valence-corrected chi connectivity index (χ4v) is 1.12. The number of ketones is 1. The predicted molar refractivity (Wildman–Crippen MR) is 56.2 cm³/mol. The van der Waals surface area contributed by atoms with Gasteiger partial charge in [-0.2, -0.15) is 5.10 Å². The van der Waals surface area contributed by atoms with Crippen LogP contribution in [0.4, 0.5) is 0 Å². The predicted octanol–water partition coefficient (Wildman–Crippen LogP) is 1.70. The molecule has 2 rings (SSSR count). The lowest BCUT2D eigenvalue weighted by molar-refractivity contribution is 0.104. The van der Waals surface area contributed by atoms with Gasteiger partial charge in [0.1, 0.15) is 5.69 Å². The van der Waals surface area contributed by atoms with Crippen LogP contribution in [-0.2, 0) is 0 Å². The van der Waals surface area contributed by atoms with E-state index in [0.717, 1.165) is 5.56 Å². The molecule has 0 saturated carbocycles. The fraction of sp³-hybridized carbons (Fsp3) is 0. The topological polar surface area (TPSA) is 58.6 Å². The summed E-state index contributed by atoms with van der Waals surface area (Å²) in [5, 5.41) is 6.43. The molecule has 0 radical (unpaired) electrons. The molecule has 2 aromatic heterocycles. The number of pyridine rings is 1. The van der Waals surface area contributed by atoms with Gasteiger partial charge in [0.05, 0.1) is 6.20 Å². The third-order valence-corrected chi connectivity index (χ3v) is 1.86. The summed E-state index contributed by atoms with van der Waals surface area (Å²) in [6.07, 6.45) is 8.12. The van der Waals surface area contributed by atoms with Crippen molar-refractivity contribution in [1.82, 2.24) is 15.2 Å². The Morgan fingerprint density at radius 2 is 2.33 bits per heavy atom. The van der Waals surface area contributed by atoms with Gasteiger partial charge in [-0.25, -0.2) is 0 Å². The summed E-state index contributed by atoms with van der Waals surface area (Å²) in [7, 11) is 0. The van der Waals surface area contributed by atoms with Crippen LogP contribution in [0.1, 0.15) is 16.1 Å². The smallest absolute Gasteiger partial charge is 0.204 e. The standard InChI is InChI=1S/C11H9N3O/c15-11(10-3-1-2-6-12-10)5-4-9-7-13-14-8-9/h1-8H,(H,13,14). The van der Waals surface area contributed by atoms with E-state index in [-0.39, 0.29) is 5.78 Å². The zero-order valence-corrected chi connectivity index (χ0v) is 7.92. The first kappa shape index (κ1) is 9.33. The van der Waals surface area contributed by atoms with E-state index in [4.69, 9.17) is 0 Å². The molecular formula is C11H9N3O. The summed E-state index contributed by atoms with van der Waals surface area (Å²) in [5.74, 6) is -0.114. The Balaban J connectivity index is 2.11. The third-order valence-electron chi connectivity index (χ3n) is 1.86. The summed E-state index contributed by atoms with van der Waals surface area (Å²) >= 11 is 0. The number of nitrogens with one attached hydrogen (secondary N) is 1. The van der Waals surface area contributed by atoms with Gasteiger partial charge in [0.25, 0.3) is 0 Å². The number of aromatic amines is 1. The molecule has 0 unspecified atom stereocenters. The molecule has 0 aliphatic heterocycles. The second kappa shape index (κ2) is 4.32. The SMILES string of the molecule is O=C(C=Cc1cn[nH]c1)c1ccccn1. The van der Waals surface area contributed by atoms with Crippen LogP contribution in [0.15, 0.2) is 42.9 Å². The minimum absolute atomic E-state index is 0.114. The van der Waals surface area contributed by atoms with Gasteiger partial charge in [0.15, 0.2) is 0 Å². The molecule has 4 heteroatoms. The van der Waals surface area contributed by atoms with Crippen LogP contribution >= 0.6 is 0 Å². The van der Waals surface area contributed by atoms with Crippen LogP contribution in [0.3, 0.4) is 0 Å². The number of carbonyl (C=O) groups excluding carboxylic acids is 1. The molecule has 2 heterocycles. The van der Waals surface area contributed by atoms with Crippen molar-refractivity contribution < 1.29 is 4.79 Å². The van der Waals surface area contributed by atoms with Crippen LogP contribution in [0.5, 0.6) is 0 Å². The van der Waals surface area contributed by atoms with E-state index < -0.39 is 0 Å². The van der Waals surface area contributed by atoms with Crippen molar-refractivity contribution in [1.29, 1.82) is 0 Å². The lowest BCUT2D eigenvalue weighted by atomic mass is 10.2. The molecule has 0 spiro atoms. The molecule has 0 saturated heterocycles. The Bertz CT molecular complexity index is 460. The molecule has 15 heavy (non-hydrogen) atoms. The number of nitrogens with zero attached hydrogens (tertiary/aromatic N) is 2. The van der Waals surface area contributed by atoms with Gasteiger partial charge in [0.2, 0.25) is 5.78 Å². The summed E-state index contributed by atoms with van der Waals surface area (Å²) < 4.78 is 0. The Kier molecular flexibility index (Phi) is 2.69. The third kappa shape index (κ3) is 2.37. The first-order valence-electron chi connectivity index (χ1n) is 4.48. The molecule has 2 aromatic rings. The van der Waals surface area contributed by atoms with Gasteiger partial charge in [-0.15, -0.1) is 0 Å². The first-order valence-corrected chi connectivity index (χ1v) is 4.48. The molecule has 1 N–H and O–H groups in total. The van der Waals surface area contributed by atoms with Crippen molar-refractivity contribution in [3.8, 4) is 0 Å². The zero-order valence-electron chi connectivity index (χ0n) is 7.92. The largest absolute Gasteiger partial charge is 0.288 e. The van der Waals surface area contributed by atoms with E-state index >= 15 is 0 Å². The van der Waals surface area contributed by atoms with E-state index in [2.05, 4.69) is 15.2 Å². The van der Waals surface area contributed by atoms with Crippen LogP contribution in [-0.4, -0.2) is 21.0 Å². The number of rotatable bonds is 3. The second-order valence-electron chi connectivity index (χ2n) is 2.94. The lowest BCUT2D eigenvalue weighted by Crippen LogP contribution is -1.96. The maximum absolute atomic E-state index is 11.6. The Labute approximate surface area is 86.7 Å². The van der Waals surface area contributed by atoms with Crippen molar-refractivity contribution in [2.75, 3.05) is 0 Å². The fourth-order valence-electron chi connectivity index (χ4n) is 1.12. The second-order valence-corrected chi connectivity index (χ2v) is 2.94. The van der Waals surface area contributed by atoms with Crippen LogP contribution in [0.2, 0.25) is 0 Å². The first-order chi connectivity index (χ1) is 7.36. The number of hydrogen-bond donors (Lipinski definition) is 1. The average Bonchev–Trinajstić information content (AvgIpc) is 2.80. The van der Waals surface area contributed by atoms with Gasteiger partial charge in [0, 0.05) is 18.0 Å². The highest BCUT2D eigenvalue weighted by Crippen LogP contribution is 2.01. The average molecular weight is 199 g/mol. The van der Waals surface area contributed by atoms with Crippen molar-refractivity contribution in [2.24, 2.45) is 0 Å².